The van der Waals surface area contributed by atoms with Crippen molar-refractivity contribution in [3.05, 3.63) is 41.4 Å². The average Bonchev–Trinajstić information content (AvgIpc) is 3.49. The fraction of sp³-hybridized carbons (Fsp3) is 0.531. The second kappa shape index (κ2) is 16.2. The van der Waals surface area contributed by atoms with E-state index in [2.05, 4.69) is 40.6 Å². The number of oxime groups is 1. The summed E-state index contributed by atoms with van der Waals surface area (Å²) >= 11 is 1.07. The van der Waals surface area contributed by atoms with E-state index in [9.17, 15) is 18.0 Å². The van der Waals surface area contributed by atoms with Crippen molar-refractivity contribution in [2.24, 2.45) is 17.0 Å². The van der Waals surface area contributed by atoms with Gasteiger partial charge in [0.15, 0.2) is 17.5 Å². The summed E-state index contributed by atoms with van der Waals surface area (Å²) in [5.41, 5.74) is 5.10. The normalized spacial score (nSPS) is 19.2. The minimum atomic E-state index is -4.95. The first-order chi connectivity index (χ1) is 24.9. The number of benzene rings is 1. The third-order valence-corrected chi connectivity index (χ3v) is 10.1. The second-order valence-electron chi connectivity index (χ2n) is 13.5. The molecule has 0 radical (unpaired) electrons. The molecule has 282 valence electrons. The topological polar surface area (TPSA) is 235 Å². The Balaban J connectivity index is 0.970. The Morgan fingerprint density at radius 3 is 2.48 bits per heavy atom. The summed E-state index contributed by atoms with van der Waals surface area (Å²) < 4.78 is 41.4. The molecule has 20 heteroatoms. The van der Waals surface area contributed by atoms with Crippen LogP contribution in [0.25, 0.3) is 10.9 Å². The smallest absolute Gasteiger partial charge is 0.418 e. The van der Waals surface area contributed by atoms with E-state index < -0.39 is 33.8 Å². The van der Waals surface area contributed by atoms with E-state index in [1.165, 1.54) is 19.2 Å². The van der Waals surface area contributed by atoms with Crippen molar-refractivity contribution in [2.45, 2.75) is 31.8 Å². The maximum absolute atomic E-state index is 13.2. The van der Waals surface area contributed by atoms with E-state index in [0.29, 0.717) is 10.8 Å². The monoisotopic (exact) mass is 760 g/mol. The molecule has 1 unspecified atom stereocenters. The molecule has 5 heterocycles. The van der Waals surface area contributed by atoms with Crippen LogP contribution < -0.4 is 31.7 Å². The molecular formula is C32H44N10O8S2. The van der Waals surface area contributed by atoms with Crippen LogP contribution in [0.2, 0.25) is 0 Å². The first-order valence-electron chi connectivity index (χ1n) is 17.0. The van der Waals surface area contributed by atoms with Gasteiger partial charge in [-0.1, -0.05) is 5.16 Å². The number of pyridine rings is 1. The molecule has 3 aliphatic heterocycles. The first kappa shape index (κ1) is 37.6. The molecule has 2 aromatic heterocycles. The molecule has 1 aromatic carbocycles. The number of rotatable bonds is 19. The number of carbonyl (C=O) groups excluding carboxylic acids is 2. The van der Waals surface area contributed by atoms with Crippen LogP contribution in [-0.2, 0) is 29.1 Å². The molecule has 7 N–H and O–H groups in total. The maximum Gasteiger partial charge on any atom is 0.418 e. The van der Waals surface area contributed by atoms with Gasteiger partial charge in [0.25, 0.3) is 11.8 Å². The molecule has 0 spiro atoms. The molecule has 18 nitrogen and oxygen atoms in total. The summed E-state index contributed by atoms with van der Waals surface area (Å²) in [4.78, 5) is 42.5. The van der Waals surface area contributed by atoms with Gasteiger partial charge in [0.05, 0.1) is 11.1 Å². The summed E-state index contributed by atoms with van der Waals surface area (Å²) in [5, 5.41) is 19.7. The zero-order chi connectivity index (χ0) is 36.9. The lowest BCUT2D eigenvalue weighted by molar-refractivity contribution is -0.218. The Bertz CT molecular complexity index is 1870. The highest BCUT2D eigenvalue weighted by Crippen LogP contribution is 2.33. The zero-order valence-corrected chi connectivity index (χ0v) is 30.5. The van der Waals surface area contributed by atoms with Gasteiger partial charge in [0.1, 0.15) is 29.9 Å². The van der Waals surface area contributed by atoms with Gasteiger partial charge in [-0.3, -0.25) is 14.1 Å². The van der Waals surface area contributed by atoms with E-state index in [1.54, 1.807) is 0 Å². The van der Waals surface area contributed by atoms with E-state index in [1.807, 2.05) is 30.3 Å². The molecule has 6 rings (SSSR count). The minimum absolute atomic E-state index is 0.0358. The zero-order valence-electron chi connectivity index (χ0n) is 28.9. The van der Waals surface area contributed by atoms with Gasteiger partial charge in [0, 0.05) is 56.6 Å². The number of aromatic nitrogens is 2. The van der Waals surface area contributed by atoms with Crippen molar-refractivity contribution in [3.63, 3.8) is 0 Å². The number of carbonyl (C=O) groups is 2. The molecule has 2 amide bonds. The Morgan fingerprint density at radius 2 is 1.87 bits per heavy atom. The summed E-state index contributed by atoms with van der Waals surface area (Å²) in [6.45, 7) is 11.6. The fourth-order valence-electron chi connectivity index (χ4n) is 6.08. The number of ether oxygens (including phenoxy) is 1. The number of nitrogen functional groups attached to an aromatic ring is 1. The van der Waals surface area contributed by atoms with E-state index >= 15 is 0 Å². The molecule has 3 aliphatic rings. The Kier molecular flexibility index (Phi) is 11.7. The molecule has 1 atom stereocenters. The van der Waals surface area contributed by atoms with Crippen LogP contribution in [0.5, 0.6) is 5.75 Å². The van der Waals surface area contributed by atoms with Crippen LogP contribution in [0.4, 0.5) is 10.9 Å². The Hall–Kier alpha value is -4.18. The van der Waals surface area contributed by atoms with Crippen molar-refractivity contribution < 1.29 is 36.4 Å². The quantitative estimate of drug-likeness (QED) is 0.0320. The van der Waals surface area contributed by atoms with Crippen molar-refractivity contribution >= 4 is 61.1 Å². The lowest BCUT2D eigenvalue weighted by Gasteiger charge is -2.50. The predicted octanol–water partition coefficient (Wildman–Crippen LogP) is 0.456. The van der Waals surface area contributed by atoms with Crippen LogP contribution in [0.1, 0.15) is 26.0 Å². The highest BCUT2D eigenvalue weighted by Gasteiger charge is 2.58. The van der Waals surface area contributed by atoms with Crippen LogP contribution >= 0.6 is 11.3 Å². The predicted molar refractivity (Wildman–Crippen MR) is 194 cm³/mol. The number of nitrogens with one attached hydrogen (secondary N) is 4. The number of nitrogens with two attached hydrogens (primary N) is 1. The third-order valence-electron chi connectivity index (χ3n) is 9.08. The van der Waals surface area contributed by atoms with E-state index in [4.69, 9.17) is 24.8 Å². The number of hydrogen-bond donors (Lipinski definition) is 6. The van der Waals surface area contributed by atoms with Gasteiger partial charge in [-0.05, 0) is 69.0 Å². The molecule has 0 saturated carbocycles. The average molecular weight is 761 g/mol. The molecule has 3 saturated heterocycles. The molecule has 3 aromatic rings. The number of fused-ring (bicyclic) bond motifs is 1. The Morgan fingerprint density at radius 1 is 1.13 bits per heavy atom. The van der Waals surface area contributed by atoms with Crippen LogP contribution in [-0.4, -0.2) is 128 Å². The standard InChI is InChI=1S/C32H44N10O8S2/c1-32(2)28(30(44)42(32)50-52(45,46)47)39-29(43)27(25-19-51-31(33)38-25)40-49-11-10-48-23-5-6-24-22(12-23)4-7-26(37-24)36-8-3-9-41(17-20-13-34-14-20)18-21-15-35-16-21/h4-7,12,19-21,28,34-35H,3,8-11,13-18H2,1-2H3,(H2,33,38)(H,36,37)(H,39,43)(H,45,46,47)/b40-27-. The maximum atomic E-state index is 13.2. The summed E-state index contributed by atoms with van der Waals surface area (Å²) in [6.07, 6.45) is 1.04. The molecule has 0 aliphatic carbocycles. The fourth-order valence-corrected chi connectivity index (χ4v) is 7.08. The van der Waals surface area contributed by atoms with Crippen LogP contribution in [0.3, 0.4) is 0 Å². The van der Waals surface area contributed by atoms with E-state index in [0.717, 1.165) is 98.7 Å². The first-order valence-corrected chi connectivity index (χ1v) is 19.2. The molecular weight excluding hydrogens is 717 g/mol. The second-order valence-corrected chi connectivity index (χ2v) is 15.4. The lowest BCUT2D eigenvalue weighted by Crippen LogP contribution is -2.76. The van der Waals surface area contributed by atoms with Crippen LogP contribution in [0.15, 0.2) is 40.9 Å². The summed E-state index contributed by atoms with van der Waals surface area (Å²) in [7, 11) is -4.95. The van der Waals surface area contributed by atoms with Gasteiger partial charge >= 0.3 is 10.4 Å². The van der Waals surface area contributed by atoms with E-state index in [-0.39, 0.29) is 29.8 Å². The molecule has 3 fully saturated rings. The highest BCUT2D eigenvalue weighted by atomic mass is 32.3. The summed E-state index contributed by atoms with van der Waals surface area (Å²) in [6, 6.07) is 8.32. The number of hydrogen-bond acceptors (Lipinski definition) is 16. The van der Waals surface area contributed by atoms with Gasteiger partial charge < -0.3 is 41.5 Å². The van der Waals surface area contributed by atoms with Crippen molar-refractivity contribution in [3.8, 4) is 5.75 Å². The molecule has 0 bridgehead atoms. The minimum Gasteiger partial charge on any atom is -0.490 e. The number of β-lactam (4-membered cyclic amide) rings is 1. The number of hydroxylamine groups is 2. The SMILES string of the molecule is CC1(C)C(NC(=O)/C(=N\OCCOc2ccc3nc(NCCCN(CC4CNC4)CC4CNC4)ccc3c2)c2csc(N)n2)C(=O)N1OS(=O)(=O)O. The van der Waals surface area contributed by atoms with Crippen LogP contribution in [0, 0.1) is 11.8 Å². The van der Waals surface area contributed by atoms with Gasteiger partial charge in [0.2, 0.25) is 0 Å². The molecule has 52 heavy (non-hydrogen) atoms. The van der Waals surface area contributed by atoms with Crippen molar-refractivity contribution in [2.75, 3.05) is 76.6 Å². The number of anilines is 2. The highest BCUT2D eigenvalue weighted by molar-refractivity contribution is 7.80. The van der Waals surface area contributed by atoms with Gasteiger partial charge in [-0.25, -0.2) is 9.97 Å². The van der Waals surface area contributed by atoms with Gasteiger partial charge in [-0.2, -0.15) is 13.5 Å². The number of thiazole rings is 1. The van der Waals surface area contributed by atoms with Crippen molar-refractivity contribution in [1.29, 1.82) is 0 Å². The summed E-state index contributed by atoms with van der Waals surface area (Å²) in [5.74, 6) is 1.21. The largest absolute Gasteiger partial charge is 0.490 e. The third kappa shape index (κ3) is 9.43. The van der Waals surface area contributed by atoms with Crippen molar-refractivity contribution in [1.82, 2.24) is 35.9 Å². The number of amides is 2. The Labute approximate surface area is 305 Å². The lowest BCUT2D eigenvalue weighted by atomic mass is 9.84. The van der Waals surface area contributed by atoms with Gasteiger partial charge in [-0.15, -0.1) is 15.6 Å². The number of nitrogens with zero attached hydrogens (tertiary/aromatic N) is 5.